The lowest BCUT2D eigenvalue weighted by Crippen LogP contribution is -2.29. The second-order valence-corrected chi connectivity index (χ2v) is 2.74. The van der Waals surface area contributed by atoms with Crippen molar-refractivity contribution in [2.75, 3.05) is 0 Å². The molecule has 0 fully saturated rings. The van der Waals surface area contributed by atoms with Gasteiger partial charge >= 0.3 is 0 Å². The van der Waals surface area contributed by atoms with Crippen molar-refractivity contribution in [1.29, 1.82) is 0 Å². The quantitative estimate of drug-likeness (QED) is 0.530. The van der Waals surface area contributed by atoms with Crippen molar-refractivity contribution >= 4 is 0 Å². The van der Waals surface area contributed by atoms with Crippen LogP contribution in [-0.2, 0) is 0 Å². The van der Waals surface area contributed by atoms with Gasteiger partial charge in [-0.3, -0.25) is 0 Å². The van der Waals surface area contributed by atoms with Crippen molar-refractivity contribution in [2.45, 2.75) is 32.2 Å². The van der Waals surface area contributed by atoms with Crippen molar-refractivity contribution in [3.63, 3.8) is 0 Å². The molecule has 0 aromatic heterocycles. The number of allylic oxidation sites excluding steroid dienone is 1. The summed E-state index contributed by atoms with van der Waals surface area (Å²) in [6.07, 6.45) is 8.05. The van der Waals surface area contributed by atoms with Gasteiger partial charge in [-0.05, 0) is 25.2 Å². The summed E-state index contributed by atoms with van der Waals surface area (Å²) in [5.41, 5.74) is 5.84. The van der Waals surface area contributed by atoms with Gasteiger partial charge in [0.25, 0.3) is 0 Å². The van der Waals surface area contributed by atoms with Crippen molar-refractivity contribution < 1.29 is 0 Å². The van der Waals surface area contributed by atoms with Crippen molar-refractivity contribution in [2.24, 2.45) is 11.7 Å². The highest BCUT2D eigenvalue weighted by Gasteiger charge is 2.14. The second kappa shape index (κ2) is 3.02. The van der Waals surface area contributed by atoms with Crippen LogP contribution in [0.3, 0.4) is 0 Å². The minimum absolute atomic E-state index is 0.431. The van der Waals surface area contributed by atoms with E-state index in [1.807, 2.05) is 0 Å². The number of rotatable bonds is 1. The molecular formula is C8H15N. The molecule has 0 unspecified atom stereocenters. The van der Waals surface area contributed by atoms with Crippen LogP contribution in [0.1, 0.15) is 26.2 Å². The van der Waals surface area contributed by atoms with Crippen molar-refractivity contribution in [3.8, 4) is 0 Å². The van der Waals surface area contributed by atoms with E-state index in [4.69, 9.17) is 5.73 Å². The average Bonchev–Trinajstić information content (AvgIpc) is 1.89. The minimum atomic E-state index is 0.431. The highest BCUT2D eigenvalue weighted by molar-refractivity contribution is 4.98. The molecular weight excluding hydrogens is 110 g/mol. The largest absolute Gasteiger partial charge is 0.327 e. The molecule has 0 bridgehead atoms. The van der Waals surface area contributed by atoms with Crippen LogP contribution in [0.15, 0.2) is 12.2 Å². The summed E-state index contributed by atoms with van der Waals surface area (Å²) in [5.74, 6) is 0.652. The maximum absolute atomic E-state index is 5.84. The molecule has 1 heteroatoms. The topological polar surface area (TPSA) is 26.0 Å². The highest BCUT2D eigenvalue weighted by Crippen LogP contribution is 2.18. The first kappa shape index (κ1) is 6.81. The van der Waals surface area contributed by atoms with Crippen molar-refractivity contribution in [3.05, 3.63) is 12.2 Å². The first-order valence-corrected chi connectivity index (χ1v) is 3.77. The van der Waals surface area contributed by atoms with E-state index in [-0.39, 0.29) is 0 Å². The molecule has 0 amide bonds. The first-order chi connectivity index (χ1) is 4.34. The maximum Gasteiger partial charge on any atom is 0.0105 e. The van der Waals surface area contributed by atoms with Gasteiger partial charge in [0.2, 0.25) is 0 Å². The smallest absolute Gasteiger partial charge is 0.0105 e. The van der Waals surface area contributed by atoms with Crippen LogP contribution in [0.2, 0.25) is 0 Å². The lowest BCUT2D eigenvalue weighted by molar-refractivity contribution is 0.445. The molecule has 2 atom stereocenters. The second-order valence-electron chi connectivity index (χ2n) is 2.74. The molecule has 1 rings (SSSR count). The van der Waals surface area contributed by atoms with E-state index in [1.54, 1.807) is 0 Å². The van der Waals surface area contributed by atoms with E-state index in [2.05, 4.69) is 19.1 Å². The summed E-state index contributed by atoms with van der Waals surface area (Å²) in [4.78, 5) is 0. The highest BCUT2D eigenvalue weighted by atomic mass is 14.6. The third kappa shape index (κ3) is 1.55. The van der Waals surface area contributed by atoms with E-state index in [9.17, 15) is 0 Å². The number of nitrogens with two attached hydrogens (primary N) is 1. The fourth-order valence-corrected chi connectivity index (χ4v) is 1.36. The standard InChI is InChI=1S/C8H15N/c1-2-7-5-3-4-6-8(7)9/h3,5,7-8H,2,4,6,9H2,1H3/t7-,8-/m0/s1. The Morgan fingerprint density at radius 3 is 2.89 bits per heavy atom. The summed E-state index contributed by atoms with van der Waals surface area (Å²) in [5, 5.41) is 0. The molecule has 0 heterocycles. The molecule has 0 spiro atoms. The van der Waals surface area contributed by atoms with Crippen LogP contribution in [0.25, 0.3) is 0 Å². The summed E-state index contributed by atoms with van der Waals surface area (Å²) >= 11 is 0. The van der Waals surface area contributed by atoms with Gasteiger partial charge in [0.15, 0.2) is 0 Å². The molecule has 0 aromatic rings. The number of hydrogen-bond donors (Lipinski definition) is 1. The van der Waals surface area contributed by atoms with Crippen LogP contribution in [0.5, 0.6) is 0 Å². The van der Waals surface area contributed by atoms with Gasteiger partial charge in [-0.1, -0.05) is 19.1 Å². The van der Waals surface area contributed by atoms with E-state index < -0.39 is 0 Å². The molecule has 1 aliphatic rings. The summed E-state index contributed by atoms with van der Waals surface area (Å²) in [6.45, 7) is 2.19. The maximum atomic E-state index is 5.84. The Balaban J connectivity index is 2.46. The molecule has 52 valence electrons. The molecule has 0 aromatic carbocycles. The summed E-state index contributed by atoms with van der Waals surface area (Å²) < 4.78 is 0. The molecule has 0 saturated carbocycles. The van der Waals surface area contributed by atoms with Crippen LogP contribution in [-0.4, -0.2) is 6.04 Å². The van der Waals surface area contributed by atoms with Gasteiger partial charge in [-0.15, -0.1) is 0 Å². The Hall–Kier alpha value is -0.300. The van der Waals surface area contributed by atoms with E-state index in [0.29, 0.717) is 12.0 Å². The Bertz CT molecular complexity index is 107. The molecule has 1 nitrogen and oxygen atoms in total. The Morgan fingerprint density at radius 2 is 2.44 bits per heavy atom. The first-order valence-electron chi connectivity index (χ1n) is 3.77. The van der Waals surface area contributed by atoms with Gasteiger partial charge in [-0.2, -0.15) is 0 Å². The van der Waals surface area contributed by atoms with E-state index >= 15 is 0 Å². The number of hydrogen-bond acceptors (Lipinski definition) is 1. The Morgan fingerprint density at radius 1 is 1.67 bits per heavy atom. The van der Waals surface area contributed by atoms with Crippen LogP contribution >= 0.6 is 0 Å². The fraction of sp³-hybridized carbons (Fsp3) is 0.750. The Labute approximate surface area is 56.9 Å². The van der Waals surface area contributed by atoms with Crippen LogP contribution in [0, 0.1) is 5.92 Å². The normalized spacial score (nSPS) is 34.9. The molecule has 9 heavy (non-hydrogen) atoms. The lowest BCUT2D eigenvalue weighted by atomic mass is 9.89. The third-order valence-corrected chi connectivity index (χ3v) is 2.07. The lowest BCUT2D eigenvalue weighted by Gasteiger charge is -2.22. The molecule has 0 saturated heterocycles. The van der Waals surface area contributed by atoms with Gasteiger partial charge in [0.1, 0.15) is 0 Å². The monoisotopic (exact) mass is 125 g/mol. The molecule has 1 aliphatic carbocycles. The fourth-order valence-electron chi connectivity index (χ4n) is 1.36. The van der Waals surface area contributed by atoms with Gasteiger partial charge < -0.3 is 5.73 Å². The van der Waals surface area contributed by atoms with Crippen LogP contribution < -0.4 is 5.73 Å². The summed E-state index contributed by atoms with van der Waals surface area (Å²) in [7, 11) is 0. The Kier molecular flexibility index (Phi) is 2.29. The third-order valence-electron chi connectivity index (χ3n) is 2.07. The zero-order valence-electron chi connectivity index (χ0n) is 6.01. The molecule has 0 radical (unpaired) electrons. The van der Waals surface area contributed by atoms with E-state index in [1.165, 1.54) is 19.3 Å². The zero-order chi connectivity index (χ0) is 6.69. The van der Waals surface area contributed by atoms with Gasteiger partial charge in [-0.25, -0.2) is 0 Å². The van der Waals surface area contributed by atoms with Crippen molar-refractivity contribution in [1.82, 2.24) is 0 Å². The predicted molar refractivity (Wildman–Crippen MR) is 40.1 cm³/mol. The summed E-state index contributed by atoms with van der Waals surface area (Å²) in [6, 6.07) is 0.431. The zero-order valence-corrected chi connectivity index (χ0v) is 6.01. The van der Waals surface area contributed by atoms with Gasteiger partial charge in [0, 0.05) is 6.04 Å². The SMILES string of the molecule is CC[C@H]1C=CCC[C@@H]1N. The van der Waals surface area contributed by atoms with Crippen LogP contribution in [0.4, 0.5) is 0 Å². The predicted octanol–water partition coefficient (Wildman–Crippen LogP) is 1.69. The average molecular weight is 125 g/mol. The van der Waals surface area contributed by atoms with Gasteiger partial charge in [0.05, 0.1) is 0 Å². The molecule has 2 N–H and O–H groups in total. The minimum Gasteiger partial charge on any atom is -0.327 e. The van der Waals surface area contributed by atoms with E-state index in [0.717, 1.165) is 0 Å². The molecule has 0 aliphatic heterocycles.